The van der Waals surface area contributed by atoms with Crippen molar-refractivity contribution < 1.29 is 28.8 Å². The maximum absolute atomic E-state index is 10.4. The zero-order valence-corrected chi connectivity index (χ0v) is 18.2. The predicted octanol–water partition coefficient (Wildman–Crippen LogP) is 4.11. The van der Waals surface area contributed by atoms with Gasteiger partial charge < -0.3 is 28.8 Å². The van der Waals surface area contributed by atoms with Crippen molar-refractivity contribution in [1.29, 1.82) is 0 Å². The third kappa shape index (κ3) is 3.41. The Labute approximate surface area is 182 Å². The Morgan fingerprint density at radius 2 is 1.55 bits per heavy atom. The van der Waals surface area contributed by atoms with Gasteiger partial charge >= 0.3 is 0 Å². The van der Waals surface area contributed by atoms with Crippen LogP contribution in [0.5, 0.6) is 34.5 Å². The van der Waals surface area contributed by atoms with Crippen molar-refractivity contribution in [3.05, 3.63) is 35.4 Å². The number of piperidine rings is 1. The van der Waals surface area contributed by atoms with Gasteiger partial charge in [0, 0.05) is 36.6 Å². The van der Waals surface area contributed by atoms with Gasteiger partial charge in [0.2, 0.25) is 12.5 Å². The number of methoxy groups -OCH3 is 2. The summed E-state index contributed by atoms with van der Waals surface area (Å²) in [4.78, 5) is 2.45. The van der Waals surface area contributed by atoms with E-state index in [1.54, 1.807) is 14.2 Å². The normalized spacial score (nSPS) is 24.9. The van der Waals surface area contributed by atoms with Gasteiger partial charge in [-0.3, -0.25) is 4.90 Å². The second-order valence-corrected chi connectivity index (χ2v) is 8.46. The molecule has 3 aliphatic heterocycles. The van der Waals surface area contributed by atoms with E-state index in [0.717, 1.165) is 35.7 Å². The number of nitrogens with zero attached hydrogens (tertiary/aromatic N) is 1. The van der Waals surface area contributed by atoms with Crippen molar-refractivity contribution in [2.24, 2.45) is 5.92 Å². The van der Waals surface area contributed by atoms with Crippen molar-refractivity contribution in [2.45, 2.75) is 38.3 Å². The van der Waals surface area contributed by atoms with Gasteiger partial charge in [-0.15, -0.1) is 0 Å². The number of benzene rings is 2. The Morgan fingerprint density at radius 1 is 0.903 bits per heavy atom. The van der Waals surface area contributed by atoms with Crippen LogP contribution in [0.25, 0.3) is 0 Å². The molecule has 0 unspecified atom stereocenters. The number of aromatic hydroxyl groups is 1. The number of ether oxygens (including phenoxy) is 5. The van der Waals surface area contributed by atoms with Crippen LogP contribution >= 0.6 is 0 Å². The summed E-state index contributed by atoms with van der Waals surface area (Å²) in [6.45, 7) is 4.51. The number of fused-ring (bicyclic) bond motifs is 2. The van der Waals surface area contributed by atoms with Gasteiger partial charge in [0.05, 0.1) is 14.2 Å². The molecule has 2 aromatic rings. The minimum atomic E-state index is -0.0519. The average molecular weight is 427 g/mol. The van der Waals surface area contributed by atoms with Crippen LogP contribution < -0.4 is 23.7 Å². The number of phenolic OH excluding ortho intramolecular Hbond substituents is 1. The fraction of sp³-hybridized carbons (Fsp3) is 0.500. The van der Waals surface area contributed by atoms with E-state index in [9.17, 15) is 5.11 Å². The van der Waals surface area contributed by atoms with Gasteiger partial charge in [0.15, 0.2) is 29.2 Å². The Hall–Kier alpha value is -2.80. The molecule has 0 bridgehead atoms. The van der Waals surface area contributed by atoms with Crippen molar-refractivity contribution >= 4 is 0 Å². The highest BCUT2D eigenvalue weighted by Gasteiger charge is 2.41. The number of hydrogen-bond donors (Lipinski definition) is 1. The predicted molar refractivity (Wildman–Crippen MR) is 115 cm³/mol. The molecule has 0 spiro atoms. The van der Waals surface area contributed by atoms with Gasteiger partial charge in [-0.25, -0.2) is 0 Å². The van der Waals surface area contributed by atoms with E-state index in [1.807, 2.05) is 24.3 Å². The Balaban J connectivity index is 1.64. The lowest BCUT2D eigenvalue weighted by Gasteiger charge is -2.44. The fourth-order valence-corrected chi connectivity index (χ4v) is 5.13. The number of likely N-dealkylation sites (tertiary alicyclic amines) is 1. The lowest BCUT2D eigenvalue weighted by molar-refractivity contribution is -0.0403. The van der Waals surface area contributed by atoms with Crippen LogP contribution in [0, 0.1) is 5.92 Å². The highest BCUT2D eigenvalue weighted by atomic mass is 16.7. The van der Waals surface area contributed by atoms with E-state index < -0.39 is 0 Å². The fourth-order valence-electron chi connectivity index (χ4n) is 5.13. The van der Waals surface area contributed by atoms with Gasteiger partial charge in [0.25, 0.3) is 0 Å². The highest BCUT2D eigenvalue weighted by Crippen LogP contribution is 2.51. The molecule has 3 atom stereocenters. The largest absolute Gasteiger partial charge is 0.502 e. The summed E-state index contributed by atoms with van der Waals surface area (Å²) in [6.07, 6.45) is 3.59. The molecule has 0 radical (unpaired) electrons. The summed E-state index contributed by atoms with van der Waals surface area (Å²) in [7, 11) is 3.10. The summed E-state index contributed by atoms with van der Waals surface area (Å²) in [5.41, 5.74) is 2.05. The second kappa shape index (κ2) is 8.04. The topological polar surface area (TPSA) is 69.6 Å². The summed E-state index contributed by atoms with van der Waals surface area (Å²) in [5, 5.41) is 10.4. The first-order valence-electron chi connectivity index (χ1n) is 10.9. The summed E-state index contributed by atoms with van der Waals surface area (Å²) >= 11 is 0. The van der Waals surface area contributed by atoms with E-state index in [2.05, 4.69) is 11.8 Å². The van der Waals surface area contributed by atoms with Crippen LogP contribution in [0.1, 0.15) is 43.2 Å². The zero-order valence-electron chi connectivity index (χ0n) is 18.2. The molecule has 5 rings (SSSR count). The molecule has 0 aromatic heterocycles. The molecule has 7 heteroatoms. The van der Waals surface area contributed by atoms with Gasteiger partial charge in [0.1, 0.15) is 5.75 Å². The quantitative estimate of drug-likeness (QED) is 0.787. The van der Waals surface area contributed by atoms with Crippen LogP contribution in [0.15, 0.2) is 24.3 Å². The minimum Gasteiger partial charge on any atom is -0.502 e. The molecule has 0 amide bonds. The van der Waals surface area contributed by atoms with Crippen LogP contribution in [-0.4, -0.2) is 50.3 Å². The first-order valence-corrected chi connectivity index (χ1v) is 10.9. The van der Waals surface area contributed by atoms with Crippen molar-refractivity contribution in [3.63, 3.8) is 0 Å². The molecule has 0 saturated carbocycles. The third-order valence-electron chi connectivity index (χ3n) is 6.68. The van der Waals surface area contributed by atoms with Gasteiger partial charge in [-0.1, -0.05) is 13.3 Å². The first kappa shape index (κ1) is 20.1. The third-order valence-corrected chi connectivity index (χ3v) is 6.68. The molecule has 1 fully saturated rings. The van der Waals surface area contributed by atoms with Crippen LogP contribution in [-0.2, 0) is 0 Å². The number of rotatable bonds is 4. The second-order valence-electron chi connectivity index (χ2n) is 8.46. The van der Waals surface area contributed by atoms with E-state index in [0.29, 0.717) is 17.2 Å². The van der Waals surface area contributed by atoms with E-state index in [-0.39, 0.29) is 30.6 Å². The number of phenols is 1. The molecule has 166 valence electrons. The summed E-state index contributed by atoms with van der Waals surface area (Å²) < 4.78 is 28.7. The van der Waals surface area contributed by atoms with Crippen molar-refractivity contribution in [3.8, 4) is 34.5 Å². The van der Waals surface area contributed by atoms with Gasteiger partial charge in [-0.05, 0) is 36.6 Å². The minimum absolute atomic E-state index is 0.00644. The Bertz CT molecular complexity index is 946. The average Bonchev–Trinajstić information content (AvgIpc) is 3.25. The SMILES string of the molecule is COc1cc([C@@H]2c3cc4c(cc3O[C@H](N3CCCCC3)[C@H]2C)OCO4)cc(OC)c1O. The molecule has 1 N–H and O–H groups in total. The van der Waals surface area contributed by atoms with E-state index in [4.69, 9.17) is 23.7 Å². The molecule has 1 saturated heterocycles. The Morgan fingerprint density at radius 3 is 2.19 bits per heavy atom. The van der Waals surface area contributed by atoms with Gasteiger partial charge in [-0.2, -0.15) is 0 Å². The van der Waals surface area contributed by atoms with Crippen molar-refractivity contribution in [1.82, 2.24) is 4.90 Å². The molecule has 3 aliphatic rings. The van der Waals surface area contributed by atoms with Crippen molar-refractivity contribution in [2.75, 3.05) is 34.1 Å². The maximum atomic E-state index is 10.4. The summed E-state index contributed by atoms with van der Waals surface area (Å²) in [6, 6.07) is 7.76. The highest BCUT2D eigenvalue weighted by molar-refractivity contribution is 5.59. The number of hydrogen-bond acceptors (Lipinski definition) is 7. The molecule has 31 heavy (non-hydrogen) atoms. The lowest BCUT2D eigenvalue weighted by Crippen LogP contribution is -2.50. The first-order chi connectivity index (χ1) is 15.1. The summed E-state index contributed by atoms with van der Waals surface area (Å²) in [5.74, 6) is 3.22. The van der Waals surface area contributed by atoms with Crippen LogP contribution in [0.3, 0.4) is 0 Å². The van der Waals surface area contributed by atoms with E-state index >= 15 is 0 Å². The molecular formula is C24H29NO6. The van der Waals surface area contributed by atoms with Crippen LogP contribution in [0.4, 0.5) is 0 Å². The maximum Gasteiger partial charge on any atom is 0.231 e. The monoisotopic (exact) mass is 427 g/mol. The molecular weight excluding hydrogens is 398 g/mol. The Kier molecular flexibility index (Phi) is 5.22. The smallest absolute Gasteiger partial charge is 0.231 e. The lowest BCUT2D eigenvalue weighted by atomic mass is 9.77. The standard InChI is InChI=1S/C24H29NO6/c1-14-22(15-9-20(27-2)23(26)21(10-15)28-3)16-11-18-19(30-13-29-18)12-17(16)31-24(14)25-7-5-4-6-8-25/h9-12,14,22,24,26H,4-8,13H2,1-3H3/t14-,22+,24-/m0/s1. The van der Waals surface area contributed by atoms with Crippen LogP contribution in [0.2, 0.25) is 0 Å². The molecule has 7 nitrogen and oxygen atoms in total. The molecule has 2 aromatic carbocycles. The zero-order chi connectivity index (χ0) is 21.5. The molecule has 3 heterocycles. The van der Waals surface area contributed by atoms with E-state index in [1.165, 1.54) is 19.3 Å². The molecule has 0 aliphatic carbocycles.